The van der Waals surface area contributed by atoms with E-state index in [1.54, 1.807) is 19.2 Å². The fourth-order valence-corrected chi connectivity index (χ4v) is 1.27. The number of halogens is 1. The summed E-state index contributed by atoms with van der Waals surface area (Å²) in [5.41, 5.74) is 6.27. The monoisotopic (exact) mass is 268 g/mol. The topological polar surface area (TPSA) is 77.8 Å². The molecule has 0 spiro atoms. The number of hydrogen-bond donors (Lipinski definition) is 1. The Morgan fingerprint density at radius 2 is 2.27 bits per heavy atom. The third kappa shape index (κ3) is 2.21. The molecule has 6 heteroatoms. The maximum absolute atomic E-state index is 5.61. The minimum absolute atomic E-state index is 0.262. The summed E-state index contributed by atoms with van der Waals surface area (Å²) in [6.07, 6.45) is 1.68. The van der Waals surface area contributed by atoms with Gasteiger partial charge in [-0.05, 0) is 35.0 Å². The van der Waals surface area contributed by atoms with Crippen molar-refractivity contribution in [1.29, 1.82) is 0 Å². The van der Waals surface area contributed by atoms with Crippen LogP contribution in [0.1, 0.15) is 18.9 Å². The van der Waals surface area contributed by atoms with Gasteiger partial charge >= 0.3 is 0 Å². The van der Waals surface area contributed by atoms with Crippen LogP contribution < -0.4 is 5.73 Å². The molecule has 0 fully saturated rings. The summed E-state index contributed by atoms with van der Waals surface area (Å²) in [6, 6.07) is 3.41. The van der Waals surface area contributed by atoms with Gasteiger partial charge < -0.3 is 10.3 Å². The van der Waals surface area contributed by atoms with Gasteiger partial charge in [0, 0.05) is 10.7 Å². The summed E-state index contributed by atoms with van der Waals surface area (Å²) in [7, 11) is 0. The van der Waals surface area contributed by atoms with Gasteiger partial charge in [-0.2, -0.15) is 4.98 Å². The minimum atomic E-state index is -0.262. The molecule has 0 saturated heterocycles. The molecule has 0 aliphatic heterocycles. The zero-order valence-corrected chi connectivity index (χ0v) is 9.60. The SMILES string of the molecule is C[C@H](N)c1nc(-c2ccc(Br)cn2)no1. The van der Waals surface area contributed by atoms with Crippen LogP contribution in [-0.4, -0.2) is 15.1 Å². The molecule has 2 N–H and O–H groups in total. The van der Waals surface area contributed by atoms with Crippen LogP contribution in [0.2, 0.25) is 0 Å². The summed E-state index contributed by atoms with van der Waals surface area (Å²) < 4.78 is 5.88. The first-order valence-electron chi connectivity index (χ1n) is 4.38. The summed E-state index contributed by atoms with van der Waals surface area (Å²) in [5, 5.41) is 3.79. The first-order chi connectivity index (χ1) is 7.16. The minimum Gasteiger partial charge on any atom is -0.337 e. The highest BCUT2D eigenvalue weighted by Gasteiger charge is 2.12. The molecule has 2 heterocycles. The van der Waals surface area contributed by atoms with E-state index >= 15 is 0 Å². The van der Waals surface area contributed by atoms with Gasteiger partial charge in [-0.15, -0.1) is 0 Å². The molecule has 0 aliphatic rings. The lowest BCUT2D eigenvalue weighted by Gasteiger charge is -1.94. The van der Waals surface area contributed by atoms with Crippen molar-refractivity contribution in [2.24, 2.45) is 5.73 Å². The van der Waals surface area contributed by atoms with E-state index < -0.39 is 0 Å². The third-order valence-electron chi connectivity index (χ3n) is 1.79. The van der Waals surface area contributed by atoms with E-state index in [4.69, 9.17) is 10.3 Å². The van der Waals surface area contributed by atoms with Crippen molar-refractivity contribution in [3.05, 3.63) is 28.7 Å². The van der Waals surface area contributed by atoms with Gasteiger partial charge in [0.15, 0.2) is 0 Å². The Labute approximate surface area is 94.8 Å². The number of nitrogens with zero attached hydrogens (tertiary/aromatic N) is 3. The van der Waals surface area contributed by atoms with Gasteiger partial charge in [0.1, 0.15) is 5.69 Å². The average Bonchev–Trinajstić information content (AvgIpc) is 2.68. The molecule has 0 aromatic carbocycles. The molecule has 1 atom stereocenters. The second kappa shape index (κ2) is 4.08. The molecule has 0 bridgehead atoms. The largest absolute Gasteiger partial charge is 0.337 e. The van der Waals surface area contributed by atoms with Crippen LogP contribution in [0.3, 0.4) is 0 Å². The molecule has 0 saturated carbocycles. The van der Waals surface area contributed by atoms with Crippen LogP contribution in [0.15, 0.2) is 27.3 Å². The summed E-state index contributed by atoms with van der Waals surface area (Å²) >= 11 is 3.30. The highest BCUT2D eigenvalue weighted by Crippen LogP contribution is 2.17. The van der Waals surface area contributed by atoms with E-state index in [9.17, 15) is 0 Å². The van der Waals surface area contributed by atoms with Crippen molar-refractivity contribution in [1.82, 2.24) is 15.1 Å². The van der Waals surface area contributed by atoms with E-state index in [2.05, 4.69) is 31.1 Å². The Morgan fingerprint density at radius 1 is 1.47 bits per heavy atom. The number of aromatic nitrogens is 3. The predicted octanol–water partition coefficient (Wildman–Crippen LogP) is 1.91. The molecule has 0 aliphatic carbocycles. The lowest BCUT2D eigenvalue weighted by Crippen LogP contribution is -2.04. The van der Waals surface area contributed by atoms with Crippen molar-refractivity contribution in [2.45, 2.75) is 13.0 Å². The highest BCUT2D eigenvalue weighted by atomic mass is 79.9. The highest BCUT2D eigenvalue weighted by molar-refractivity contribution is 9.10. The molecule has 78 valence electrons. The molecule has 2 aromatic heterocycles. The smallest absolute Gasteiger partial charge is 0.243 e. The van der Waals surface area contributed by atoms with Gasteiger partial charge in [0.2, 0.25) is 11.7 Å². The quantitative estimate of drug-likeness (QED) is 0.901. The van der Waals surface area contributed by atoms with Gasteiger partial charge in [-0.3, -0.25) is 4.98 Å². The maximum Gasteiger partial charge on any atom is 0.243 e. The molecule has 0 amide bonds. The molecule has 0 unspecified atom stereocenters. The second-order valence-corrected chi connectivity index (χ2v) is 4.02. The maximum atomic E-state index is 5.61. The fourth-order valence-electron chi connectivity index (χ4n) is 1.03. The van der Waals surface area contributed by atoms with Crippen molar-refractivity contribution in [3.63, 3.8) is 0 Å². The van der Waals surface area contributed by atoms with Crippen molar-refractivity contribution < 1.29 is 4.52 Å². The molecule has 2 rings (SSSR count). The van der Waals surface area contributed by atoms with Gasteiger partial charge in [-0.25, -0.2) is 0 Å². The molecule has 0 radical (unpaired) electrons. The van der Waals surface area contributed by atoms with Crippen molar-refractivity contribution >= 4 is 15.9 Å². The summed E-state index contributed by atoms with van der Waals surface area (Å²) in [5.74, 6) is 0.865. The second-order valence-electron chi connectivity index (χ2n) is 3.11. The molecular formula is C9H9BrN4O. The first-order valence-corrected chi connectivity index (χ1v) is 5.17. The van der Waals surface area contributed by atoms with E-state index in [-0.39, 0.29) is 6.04 Å². The van der Waals surface area contributed by atoms with Crippen molar-refractivity contribution in [2.75, 3.05) is 0 Å². The van der Waals surface area contributed by atoms with Crippen LogP contribution in [0.25, 0.3) is 11.5 Å². The van der Waals surface area contributed by atoms with Crippen LogP contribution >= 0.6 is 15.9 Å². The lowest BCUT2D eigenvalue weighted by atomic mass is 10.3. The number of nitrogens with two attached hydrogens (primary N) is 1. The Balaban J connectivity index is 2.33. The van der Waals surface area contributed by atoms with Gasteiger partial charge in [-0.1, -0.05) is 5.16 Å². The van der Waals surface area contributed by atoms with E-state index in [0.29, 0.717) is 17.4 Å². The van der Waals surface area contributed by atoms with E-state index in [1.807, 2.05) is 6.07 Å². The summed E-state index contributed by atoms with van der Waals surface area (Å²) in [6.45, 7) is 1.78. The first kappa shape index (κ1) is 10.3. The normalized spacial score (nSPS) is 12.7. The number of pyridine rings is 1. The Morgan fingerprint density at radius 3 is 2.80 bits per heavy atom. The fraction of sp³-hybridized carbons (Fsp3) is 0.222. The Bertz CT molecular complexity index is 451. The van der Waals surface area contributed by atoms with E-state index in [1.165, 1.54) is 0 Å². The molecule has 5 nitrogen and oxygen atoms in total. The standard InChI is InChI=1S/C9H9BrN4O/c1-5(11)9-13-8(14-15-9)7-3-2-6(10)4-12-7/h2-5H,11H2,1H3/t5-/m0/s1. The molecule has 2 aromatic rings. The average molecular weight is 269 g/mol. The predicted molar refractivity (Wildman–Crippen MR) is 57.8 cm³/mol. The molecule has 15 heavy (non-hydrogen) atoms. The van der Waals surface area contributed by atoms with E-state index in [0.717, 1.165) is 4.47 Å². The van der Waals surface area contributed by atoms with Gasteiger partial charge in [0.25, 0.3) is 0 Å². The zero-order chi connectivity index (χ0) is 10.8. The Hall–Kier alpha value is -1.27. The summed E-state index contributed by atoms with van der Waals surface area (Å²) in [4.78, 5) is 8.28. The Kier molecular flexibility index (Phi) is 2.79. The third-order valence-corrected chi connectivity index (χ3v) is 2.26. The van der Waals surface area contributed by atoms with Crippen LogP contribution in [0.5, 0.6) is 0 Å². The van der Waals surface area contributed by atoms with Crippen LogP contribution in [-0.2, 0) is 0 Å². The van der Waals surface area contributed by atoms with Crippen LogP contribution in [0, 0.1) is 0 Å². The van der Waals surface area contributed by atoms with Crippen molar-refractivity contribution in [3.8, 4) is 11.5 Å². The lowest BCUT2D eigenvalue weighted by molar-refractivity contribution is 0.362. The number of rotatable bonds is 2. The van der Waals surface area contributed by atoms with Gasteiger partial charge in [0.05, 0.1) is 6.04 Å². The van der Waals surface area contributed by atoms with Crippen LogP contribution in [0.4, 0.5) is 0 Å². The molecular weight excluding hydrogens is 260 g/mol. The number of hydrogen-bond acceptors (Lipinski definition) is 5. The zero-order valence-electron chi connectivity index (χ0n) is 8.01.